The smallest absolute Gasteiger partial charge is 0.224 e. The number of hydrogen-bond donors (Lipinski definition) is 2. The number of hydrogen-bond acceptors (Lipinski definition) is 3. The van der Waals surface area contributed by atoms with Crippen molar-refractivity contribution in [3.05, 3.63) is 41.5 Å². The zero-order valence-electron chi connectivity index (χ0n) is 12.7. The molecule has 3 rings (SSSR count). The predicted octanol–water partition coefficient (Wildman–Crippen LogP) is 3.10. The number of carbonyl (C=O) groups is 1. The highest BCUT2D eigenvalue weighted by molar-refractivity contribution is 5.94. The number of nitrogens with zero attached hydrogens (tertiary/aromatic N) is 2. The average molecular weight is 302 g/mol. The Morgan fingerprint density at radius 2 is 2.23 bits per heavy atom. The van der Waals surface area contributed by atoms with Crippen LogP contribution >= 0.6 is 0 Å². The van der Waals surface area contributed by atoms with Crippen LogP contribution < -0.4 is 10.6 Å². The maximum absolute atomic E-state index is 14.1. The molecule has 6 heteroatoms. The molecule has 2 heterocycles. The fourth-order valence-corrected chi connectivity index (χ4v) is 2.49. The van der Waals surface area contributed by atoms with Gasteiger partial charge >= 0.3 is 0 Å². The van der Waals surface area contributed by atoms with Crippen molar-refractivity contribution >= 4 is 17.3 Å². The summed E-state index contributed by atoms with van der Waals surface area (Å²) in [6.07, 6.45) is 4.82. The molecular weight excluding hydrogens is 283 g/mol. The molecule has 22 heavy (non-hydrogen) atoms. The highest BCUT2D eigenvalue weighted by Gasteiger charge is 2.17. The van der Waals surface area contributed by atoms with Gasteiger partial charge in [-0.25, -0.2) is 4.39 Å². The molecule has 1 aliphatic heterocycles. The van der Waals surface area contributed by atoms with E-state index in [-0.39, 0.29) is 11.7 Å². The topological polar surface area (TPSA) is 59.0 Å². The second-order valence-electron chi connectivity index (χ2n) is 5.81. The first-order chi connectivity index (χ1) is 10.5. The third-order valence-corrected chi connectivity index (χ3v) is 3.76. The van der Waals surface area contributed by atoms with Crippen LogP contribution in [-0.4, -0.2) is 15.7 Å². The number of fused-ring (bicyclic) bond motifs is 1. The first kappa shape index (κ1) is 14.6. The van der Waals surface area contributed by atoms with Gasteiger partial charge < -0.3 is 10.6 Å². The van der Waals surface area contributed by atoms with Gasteiger partial charge in [0.15, 0.2) is 0 Å². The number of nitrogens with one attached hydrogen (secondary N) is 2. The molecule has 1 amide bonds. The van der Waals surface area contributed by atoms with E-state index in [1.165, 1.54) is 6.07 Å². The zero-order chi connectivity index (χ0) is 15.7. The molecule has 0 bridgehead atoms. The minimum Gasteiger partial charge on any atom is -0.378 e. The van der Waals surface area contributed by atoms with Crippen molar-refractivity contribution in [2.24, 2.45) is 0 Å². The number of carbonyl (C=O) groups excluding carboxylic acids is 1. The number of aromatic nitrogens is 2. The van der Waals surface area contributed by atoms with Crippen LogP contribution in [-0.2, 0) is 17.8 Å². The van der Waals surface area contributed by atoms with E-state index in [4.69, 9.17) is 0 Å². The Bertz CT molecular complexity index is 708. The Morgan fingerprint density at radius 1 is 1.41 bits per heavy atom. The molecule has 0 spiro atoms. The van der Waals surface area contributed by atoms with Crippen LogP contribution in [0.4, 0.5) is 15.8 Å². The average Bonchev–Trinajstić information content (AvgIpc) is 2.94. The maximum atomic E-state index is 14.1. The number of amides is 1. The van der Waals surface area contributed by atoms with Crippen LogP contribution in [0.15, 0.2) is 24.5 Å². The molecule has 0 saturated carbocycles. The van der Waals surface area contributed by atoms with E-state index in [0.717, 1.165) is 11.1 Å². The molecule has 1 aliphatic rings. The number of aryl methyl sites for hydroxylation is 1. The highest BCUT2D eigenvalue weighted by atomic mass is 19.1. The van der Waals surface area contributed by atoms with E-state index < -0.39 is 0 Å². The Balaban J connectivity index is 1.73. The van der Waals surface area contributed by atoms with Gasteiger partial charge in [-0.1, -0.05) is 0 Å². The van der Waals surface area contributed by atoms with Gasteiger partial charge in [0.05, 0.1) is 11.9 Å². The van der Waals surface area contributed by atoms with Crippen LogP contribution in [0.5, 0.6) is 0 Å². The lowest BCUT2D eigenvalue weighted by molar-refractivity contribution is -0.116. The van der Waals surface area contributed by atoms with Crippen molar-refractivity contribution in [2.75, 3.05) is 10.6 Å². The molecule has 2 aromatic rings. The normalized spacial score (nSPS) is 13.9. The molecule has 0 atom stereocenters. The SMILES string of the molecule is CC(C)n1cc(CNc2cc3c(cc2F)NC(=O)CC3)cn1. The van der Waals surface area contributed by atoms with E-state index in [0.29, 0.717) is 36.8 Å². The molecule has 0 saturated heterocycles. The number of benzene rings is 1. The molecule has 2 N–H and O–H groups in total. The lowest BCUT2D eigenvalue weighted by Crippen LogP contribution is -2.19. The van der Waals surface area contributed by atoms with Gasteiger partial charge in [0, 0.05) is 36.5 Å². The van der Waals surface area contributed by atoms with Crippen LogP contribution in [0.1, 0.15) is 37.4 Å². The van der Waals surface area contributed by atoms with Crippen LogP contribution in [0.3, 0.4) is 0 Å². The molecule has 0 unspecified atom stereocenters. The van der Waals surface area contributed by atoms with E-state index in [9.17, 15) is 9.18 Å². The maximum Gasteiger partial charge on any atom is 0.224 e. The third kappa shape index (κ3) is 2.95. The van der Waals surface area contributed by atoms with Gasteiger partial charge in [-0.2, -0.15) is 5.10 Å². The highest BCUT2D eigenvalue weighted by Crippen LogP contribution is 2.28. The minimum absolute atomic E-state index is 0.0614. The Labute approximate surface area is 128 Å². The summed E-state index contributed by atoms with van der Waals surface area (Å²) in [5.74, 6) is -0.425. The Kier molecular flexibility index (Phi) is 3.83. The van der Waals surface area contributed by atoms with E-state index in [1.54, 1.807) is 12.3 Å². The van der Waals surface area contributed by atoms with E-state index in [1.807, 2.05) is 10.9 Å². The summed E-state index contributed by atoms with van der Waals surface area (Å²) in [5, 5.41) is 10.1. The monoisotopic (exact) mass is 302 g/mol. The summed E-state index contributed by atoms with van der Waals surface area (Å²) in [6, 6.07) is 3.46. The molecule has 116 valence electrons. The van der Waals surface area contributed by atoms with Crippen LogP contribution in [0.25, 0.3) is 0 Å². The number of halogens is 1. The Hall–Kier alpha value is -2.37. The summed E-state index contributed by atoms with van der Waals surface area (Å²) in [5.41, 5.74) is 2.99. The summed E-state index contributed by atoms with van der Waals surface area (Å²) in [4.78, 5) is 11.3. The predicted molar refractivity (Wildman–Crippen MR) is 83.3 cm³/mol. The quantitative estimate of drug-likeness (QED) is 0.912. The van der Waals surface area contributed by atoms with Gasteiger partial charge in [-0.15, -0.1) is 0 Å². The van der Waals surface area contributed by atoms with Crippen molar-refractivity contribution in [2.45, 2.75) is 39.3 Å². The van der Waals surface area contributed by atoms with Gasteiger partial charge in [0.1, 0.15) is 5.82 Å². The molecule has 5 nitrogen and oxygen atoms in total. The standard InChI is InChI=1S/C16H19FN4O/c1-10(2)21-9-11(8-19-21)7-18-15-5-12-3-4-16(22)20-14(12)6-13(15)17/h5-6,8-10,18H,3-4,7H2,1-2H3,(H,20,22). The minimum atomic E-state index is -0.364. The Morgan fingerprint density at radius 3 is 2.95 bits per heavy atom. The first-order valence-corrected chi connectivity index (χ1v) is 7.42. The number of rotatable bonds is 4. The summed E-state index contributed by atoms with van der Waals surface area (Å²) in [6.45, 7) is 4.62. The van der Waals surface area contributed by atoms with E-state index in [2.05, 4.69) is 29.6 Å². The molecule has 1 aromatic heterocycles. The second kappa shape index (κ2) is 5.79. The third-order valence-electron chi connectivity index (χ3n) is 3.76. The van der Waals surface area contributed by atoms with Crippen molar-refractivity contribution < 1.29 is 9.18 Å². The summed E-state index contributed by atoms with van der Waals surface area (Å²) < 4.78 is 16.0. The van der Waals surface area contributed by atoms with Crippen LogP contribution in [0, 0.1) is 5.82 Å². The van der Waals surface area contributed by atoms with E-state index >= 15 is 0 Å². The van der Waals surface area contributed by atoms with Gasteiger partial charge in [0.25, 0.3) is 0 Å². The first-order valence-electron chi connectivity index (χ1n) is 7.42. The lowest BCUT2D eigenvalue weighted by Gasteiger charge is -2.18. The van der Waals surface area contributed by atoms with Crippen molar-refractivity contribution in [1.82, 2.24) is 9.78 Å². The molecular formula is C16H19FN4O. The zero-order valence-corrected chi connectivity index (χ0v) is 12.7. The molecule has 0 aliphatic carbocycles. The lowest BCUT2D eigenvalue weighted by atomic mass is 10.0. The van der Waals surface area contributed by atoms with Crippen molar-refractivity contribution in [1.29, 1.82) is 0 Å². The van der Waals surface area contributed by atoms with Crippen molar-refractivity contribution in [3.8, 4) is 0 Å². The number of anilines is 2. The summed E-state index contributed by atoms with van der Waals surface area (Å²) >= 11 is 0. The fraction of sp³-hybridized carbons (Fsp3) is 0.375. The molecule has 0 radical (unpaired) electrons. The van der Waals surface area contributed by atoms with Crippen LogP contribution in [0.2, 0.25) is 0 Å². The van der Waals surface area contributed by atoms with Crippen molar-refractivity contribution in [3.63, 3.8) is 0 Å². The second-order valence-corrected chi connectivity index (χ2v) is 5.81. The largest absolute Gasteiger partial charge is 0.378 e. The van der Waals surface area contributed by atoms with Gasteiger partial charge in [0.2, 0.25) is 5.91 Å². The molecule has 1 aromatic carbocycles. The molecule has 0 fully saturated rings. The van der Waals surface area contributed by atoms with Gasteiger partial charge in [-0.3, -0.25) is 9.48 Å². The fourth-order valence-electron chi connectivity index (χ4n) is 2.49. The summed E-state index contributed by atoms with van der Waals surface area (Å²) in [7, 11) is 0. The van der Waals surface area contributed by atoms with Gasteiger partial charge in [-0.05, 0) is 38.0 Å².